The van der Waals surface area contributed by atoms with E-state index in [2.05, 4.69) is 31.5 Å². The van der Waals surface area contributed by atoms with Gasteiger partial charge in [-0.3, -0.25) is 4.79 Å². The number of hydrogen-bond acceptors (Lipinski definition) is 5. The lowest BCUT2D eigenvalue weighted by molar-refractivity contribution is -0.119. The second kappa shape index (κ2) is 6.42. The van der Waals surface area contributed by atoms with Gasteiger partial charge >= 0.3 is 6.03 Å². The van der Waals surface area contributed by atoms with Crippen molar-refractivity contribution in [3.63, 3.8) is 0 Å². The Kier molecular flexibility index (Phi) is 4.18. The van der Waals surface area contributed by atoms with Crippen LogP contribution in [0.5, 0.6) is 0 Å². The summed E-state index contributed by atoms with van der Waals surface area (Å²) in [6.45, 7) is -0.0728. The summed E-state index contributed by atoms with van der Waals surface area (Å²) in [7, 11) is 1.51. The Hall–Kier alpha value is -2.97. The summed E-state index contributed by atoms with van der Waals surface area (Å²) >= 11 is 0. The van der Waals surface area contributed by atoms with Crippen molar-refractivity contribution in [3.05, 3.63) is 24.3 Å². The fourth-order valence-corrected chi connectivity index (χ4v) is 2.08. The second-order valence-electron chi connectivity index (χ2n) is 5.24. The third-order valence-corrected chi connectivity index (χ3v) is 3.47. The number of likely N-dealkylation sites (N-methyl/N-ethyl adjacent to an activating group) is 1. The summed E-state index contributed by atoms with van der Waals surface area (Å²) < 4.78 is 1.83. The Morgan fingerprint density at radius 1 is 1.26 bits per heavy atom. The van der Waals surface area contributed by atoms with Gasteiger partial charge in [0.05, 0.1) is 12.6 Å². The van der Waals surface area contributed by atoms with E-state index in [1.807, 2.05) is 16.8 Å². The zero-order valence-electron chi connectivity index (χ0n) is 12.6. The van der Waals surface area contributed by atoms with Gasteiger partial charge in [0.25, 0.3) is 0 Å². The summed E-state index contributed by atoms with van der Waals surface area (Å²) in [5, 5.41) is 19.3. The third-order valence-electron chi connectivity index (χ3n) is 3.47. The zero-order chi connectivity index (χ0) is 16.2. The molecule has 0 atom stereocenters. The summed E-state index contributed by atoms with van der Waals surface area (Å²) in [5.74, 6) is 0.463. The highest BCUT2D eigenvalue weighted by Gasteiger charge is 2.28. The lowest BCUT2D eigenvalue weighted by Gasteiger charge is -2.08. The van der Waals surface area contributed by atoms with Gasteiger partial charge < -0.3 is 16.0 Å². The first kappa shape index (κ1) is 14.9. The minimum atomic E-state index is -0.441. The SMILES string of the molecule is CNC(=O)CNC(=O)Nc1ccc(-c2nnnn2C2CC2)cc1. The average molecular weight is 315 g/mol. The smallest absolute Gasteiger partial charge is 0.319 e. The van der Waals surface area contributed by atoms with Crippen molar-refractivity contribution < 1.29 is 9.59 Å². The van der Waals surface area contributed by atoms with Gasteiger partial charge in [0, 0.05) is 18.3 Å². The van der Waals surface area contributed by atoms with E-state index in [-0.39, 0.29) is 12.5 Å². The number of aromatic nitrogens is 4. The molecule has 120 valence electrons. The molecule has 3 N–H and O–H groups in total. The normalized spacial score (nSPS) is 13.4. The van der Waals surface area contributed by atoms with Crippen molar-refractivity contribution in [2.24, 2.45) is 0 Å². The first-order valence-electron chi connectivity index (χ1n) is 7.31. The number of hydrogen-bond donors (Lipinski definition) is 3. The van der Waals surface area contributed by atoms with E-state index in [4.69, 9.17) is 0 Å². The van der Waals surface area contributed by atoms with Crippen molar-refractivity contribution in [3.8, 4) is 11.4 Å². The maximum absolute atomic E-state index is 11.7. The molecule has 0 spiro atoms. The van der Waals surface area contributed by atoms with Gasteiger partial charge in [-0.2, -0.15) is 0 Å². The Morgan fingerprint density at radius 2 is 2.00 bits per heavy atom. The minimum Gasteiger partial charge on any atom is -0.358 e. The summed E-state index contributed by atoms with van der Waals surface area (Å²) in [5.41, 5.74) is 1.51. The van der Waals surface area contributed by atoms with E-state index in [0.717, 1.165) is 24.2 Å². The van der Waals surface area contributed by atoms with Crippen LogP contribution in [-0.4, -0.2) is 45.7 Å². The molecule has 23 heavy (non-hydrogen) atoms. The largest absolute Gasteiger partial charge is 0.358 e. The molecule has 0 bridgehead atoms. The number of urea groups is 1. The number of benzene rings is 1. The number of nitrogens with zero attached hydrogens (tertiary/aromatic N) is 4. The van der Waals surface area contributed by atoms with Crippen molar-refractivity contribution in [1.82, 2.24) is 30.8 Å². The van der Waals surface area contributed by atoms with E-state index in [9.17, 15) is 9.59 Å². The van der Waals surface area contributed by atoms with Crippen LogP contribution < -0.4 is 16.0 Å². The molecule has 2 aromatic rings. The van der Waals surface area contributed by atoms with Crippen LogP contribution in [0.25, 0.3) is 11.4 Å². The van der Waals surface area contributed by atoms with E-state index < -0.39 is 6.03 Å². The average Bonchev–Trinajstić information content (AvgIpc) is 3.30. The molecular formula is C14H17N7O2. The third kappa shape index (κ3) is 3.62. The van der Waals surface area contributed by atoms with Gasteiger partial charge in [0.15, 0.2) is 5.82 Å². The second-order valence-corrected chi connectivity index (χ2v) is 5.24. The maximum Gasteiger partial charge on any atom is 0.319 e. The quantitative estimate of drug-likeness (QED) is 0.745. The predicted octanol–water partition coefficient (Wildman–Crippen LogP) is 0.542. The molecule has 0 saturated heterocycles. The molecule has 1 saturated carbocycles. The molecule has 1 aliphatic rings. The first-order valence-corrected chi connectivity index (χ1v) is 7.31. The standard InChI is InChI=1S/C14H17N7O2/c1-15-12(22)8-16-14(23)17-10-4-2-9(3-5-10)13-18-19-20-21(13)11-6-7-11/h2-5,11H,6-8H2,1H3,(H,15,22)(H2,16,17,23). The molecule has 3 amide bonds. The van der Waals surface area contributed by atoms with Crippen LogP contribution in [0.2, 0.25) is 0 Å². The fraction of sp³-hybridized carbons (Fsp3) is 0.357. The molecule has 0 aliphatic heterocycles. The highest BCUT2D eigenvalue weighted by atomic mass is 16.2. The number of tetrazole rings is 1. The number of carbonyl (C=O) groups excluding carboxylic acids is 2. The molecule has 9 heteroatoms. The van der Waals surface area contributed by atoms with Crippen LogP contribution in [0.15, 0.2) is 24.3 Å². The Labute approximate surface area is 132 Å². The van der Waals surface area contributed by atoms with Crippen molar-refractivity contribution in [2.75, 3.05) is 18.9 Å². The van der Waals surface area contributed by atoms with E-state index >= 15 is 0 Å². The number of rotatable bonds is 5. The van der Waals surface area contributed by atoms with Crippen LogP contribution in [0.3, 0.4) is 0 Å². The maximum atomic E-state index is 11.7. The summed E-state index contributed by atoms with van der Waals surface area (Å²) in [4.78, 5) is 22.7. The minimum absolute atomic E-state index is 0.0728. The molecular weight excluding hydrogens is 298 g/mol. The van der Waals surface area contributed by atoms with Gasteiger partial charge in [0.2, 0.25) is 5.91 Å². The lowest BCUT2D eigenvalue weighted by atomic mass is 10.2. The molecule has 0 radical (unpaired) electrons. The lowest BCUT2D eigenvalue weighted by Crippen LogP contribution is -2.37. The van der Waals surface area contributed by atoms with E-state index in [1.54, 1.807) is 12.1 Å². The van der Waals surface area contributed by atoms with E-state index in [1.165, 1.54) is 7.05 Å². The Bertz CT molecular complexity index is 706. The molecule has 1 fully saturated rings. The molecule has 1 aromatic carbocycles. The highest BCUT2D eigenvalue weighted by molar-refractivity contribution is 5.92. The molecule has 1 heterocycles. The van der Waals surface area contributed by atoms with Crippen LogP contribution in [0, 0.1) is 0 Å². The van der Waals surface area contributed by atoms with Gasteiger partial charge in [-0.25, -0.2) is 9.48 Å². The molecule has 3 rings (SSSR count). The van der Waals surface area contributed by atoms with Gasteiger partial charge in [-0.05, 0) is 47.5 Å². The molecule has 1 aliphatic carbocycles. The van der Waals surface area contributed by atoms with Crippen LogP contribution in [0.4, 0.5) is 10.5 Å². The summed E-state index contributed by atoms with van der Waals surface area (Å²) in [6, 6.07) is 7.18. The van der Waals surface area contributed by atoms with Crippen molar-refractivity contribution >= 4 is 17.6 Å². The molecule has 0 unspecified atom stereocenters. The summed E-state index contributed by atoms with van der Waals surface area (Å²) in [6.07, 6.45) is 2.20. The van der Waals surface area contributed by atoms with Crippen LogP contribution in [-0.2, 0) is 4.79 Å². The molecule has 1 aromatic heterocycles. The van der Waals surface area contributed by atoms with Crippen molar-refractivity contribution in [2.45, 2.75) is 18.9 Å². The number of carbonyl (C=O) groups is 2. The highest BCUT2D eigenvalue weighted by Crippen LogP contribution is 2.36. The van der Waals surface area contributed by atoms with Gasteiger partial charge in [0.1, 0.15) is 0 Å². The topological polar surface area (TPSA) is 114 Å². The zero-order valence-corrected chi connectivity index (χ0v) is 12.6. The number of anilines is 1. The predicted molar refractivity (Wildman–Crippen MR) is 82.6 cm³/mol. The van der Waals surface area contributed by atoms with Gasteiger partial charge in [-0.15, -0.1) is 5.10 Å². The van der Waals surface area contributed by atoms with Crippen LogP contribution >= 0.6 is 0 Å². The Balaban J connectivity index is 1.62. The Morgan fingerprint density at radius 3 is 2.65 bits per heavy atom. The number of nitrogens with one attached hydrogen (secondary N) is 3. The van der Waals surface area contributed by atoms with Crippen molar-refractivity contribution in [1.29, 1.82) is 0 Å². The fourth-order valence-electron chi connectivity index (χ4n) is 2.08. The number of amides is 3. The van der Waals surface area contributed by atoms with E-state index in [0.29, 0.717) is 11.7 Å². The monoisotopic (exact) mass is 315 g/mol. The van der Waals surface area contributed by atoms with Crippen LogP contribution in [0.1, 0.15) is 18.9 Å². The van der Waals surface area contributed by atoms with Gasteiger partial charge in [-0.1, -0.05) is 0 Å². The molecule has 9 nitrogen and oxygen atoms in total. The first-order chi connectivity index (χ1) is 11.2.